The van der Waals surface area contributed by atoms with E-state index in [1.54, 1.807) is 13.0 Å². The average Bonchev–Trinajstić information content (AvgIpc) is 3.33. The molecule has 156 valence electrons. The van der Waals surface area contributed by atoms with Gasteiger partial charge in [0, 0.05) is 22.5 Å². The van der Waals surface area contributed by atoms with Gasteiger partial charge >= 0.3 is 5.97 Å². The highest BCUT2D eigenvalue weighted by Gasteiger charge is 2.30. The molecule has 3 N–H and O–H groups in total. The highest BCUT2D eigenvalue weighted by Crippen LogP contribution is 2.38. The first kappa shape index (κ1) is 20.3. The molecule has 0 bridgehead atoms. The summed E-state index contributed by atoms with van der Waals surface area (Å²) in [6.45, 7) is 3.98. The smallest absolute Gasteiger partial charge is 0.341 e. The normalized spacial score (nSPS) is 15.5. The van der Waals surface area contributed by atoms with E-state index in [9.17, 15) is 9.59 Å². The SMILES string of the molecule is CCOC(=O)c1c(NC(=O)c2cc(-c3ccccc3C)on2)sc2c1CCC(N)C2. The zero-order chi connectivity index (χ0) is 21.3. The zero-order valence-corrected chi connectivity index (χ0v) is 17.7. The van der Waals surface area contributed by atoms with E-state index in [0.717, 1.165) is 28.0 Å². The molecule has 1 unspecified atom stereocenters. The number of esters is 1. The highest BCUT2D eigenvalue weighted by atomic mass is 32.1. The number of aryl methyl sites for hydroxylation is 1. The Kier molecular flexibility index (Phi) is 5.69. The molecule has 1 aliphatic carbocycles. The summed E-state index contributed by atoms with van der Waals surface area (Å²) < 4.78 is 10.6. The second kappa shape index (κ2) is 8.41. The molecule has 30 heavy (non-hydrogen) atoms. The van der Waals surface area contributed by atoms with E-state index in [-0.39, 0.29) is 18.3 Å². The monoisotopic (exact) mass is 425 g/mol. The minimum atomic E-state index is -0.438. The number of fused-ring (bicyclic) bond motifs is 1. The number of amides is 1. The summed E-state index contributed by atoms with van der Waals surface area (Å²) in [5.41, 5.74) is 9.48. The summed E-state index contributed by atoms with van der Waals surface area (Å²) in [5.74, 6) is -0.353. The molecule has 2 heterocycles. The maximum atomic E-state index is 12.8. The van der Waals surface area contributed by atoms with Gasteiger partial charge in [0.25, 0.3) is 5.91 Å². The predicted octanol–water partition coefficient (Wildman–Crippen LogP) is 3.96. The Morgan fingerprint density at radius 1 is 1.37 bits per heavy atom. The molecule has 0 aliphatic heterocycles. The van der Waals surface area contributed by atoms with E-state index in [0.29, 0.717) is 29.2 Å². The van der Waals surface area contributed by atoms with Gasteiger partial charge in [0.05, 0.1) is 12.2 Å². The van der Waals surface area contributed by atoms with Crippen LogP contribution in [-0.4, -0.2) is 29.7 Å². The summed E-state index contributed by atoms with van der Waals surface area (Å²) in [6.07, 6.45) is 2.18. The number of hydrogen-bond acceptors (Lipinski definition) is 7. The molecule has 1 aliphatic rings. The fourth-order valence-corrected chi connectivity index (χ4v) is 4.97. The maximum Gasteiger partial charge on any atom is 0.341 e. The minimum Gasteiger partial charge on any atom is -0.462 e. The maximum absolute atomic E-state index is 12.8. The lowest BCUT2D eigenvalue weighted by molar-refractivity contribution is 0.0526. The van der Waals surface area contributed by atoms with E-state index >= 15 is 0 Å². The average molecular weight is 426 g/mol. The number of nitrogens with two attached hydrogens (primary N) is 1. The van der Waals surface area contributed by atoms with Crippen LogP contribution >= 0.6 is 11.3 Å². The van der Waals surface area contributed by atoms with Gasteiger partial charge in [-0.1, -0.05) is 29.4 Å². The molecular formula is C22H23N3O4S. The molecule has 1 aromatic carbocycles. The third-order valence-corrected chi connectivity index (χ3v) is 6.33. The van der Waals surface area contributed by atoms with Crippen molar-refractivity contribution in [1.82, 2.24) is 5.16 Å². The van der Waals surface area contributed by atoms with Gasteiger partial charge in [0.2, 0.25) is 0 Å². The van der Waals surface area contributed by atoms with Crippen molar-refractivity contribution in [3.05, 3.63) is 57.6 Å². The Labute approximate surface area is 178 Å². The Bertz CT molecular complexity index is 1100. The molecule has 4 rings (SSSR count). The number of aromatic nitrogens is 1. The van der Waals surface area contributed by atoms with Gasteiger partial charge in [0.1, 0.15) is 5.00 Å². The van der Waals surface area contributed by atoms with Crippen LogP contribution in [0.1, 0.15) is 50.2 Å². The number of hydrogen-bond donors (Lipinski definition) is 2. The number of carbonyl (C=O) groups is 2. The first-order chi connectivity index (χ1) is 14.5. The first-order valence-corrected chi connectivity index (χ1v) is 10.7. The van der Waals surface area contributed by atoms with Crippen molar-refractivity contribution in [2.75, 3.05) is 11.9 Å². The summed E-state index contributed by atoms with van der Waals surface area (Å²) in [6, 6.07) is 9.37. The lowest BCUT2D eigenvalue weighted by Crippen LogP contribution is -2.27. The van der Waals surface area contributed by atoms with Crippen molar-refractivity contribution < 1.29 is 18.8 Å². The quantitative estimate of drug-likeness (QED) is 0.599. The van der Waals surface area contributed by atoms with Crippen LogP contribution in [0, 0.1) is 6.92 Å². The van der Waals surface area contributed by atoms with Gasteiger partial charge in [-0.3, -0.25) is 4.79 Å². The number of nitrogens with zero attached hydrogens (tertiary/aromatic N) is 1. The van der Waals surface area contributed by atoms with Crippen LogP contribution in [0.5, 0.6) is 0 Å². The van der Waals surface area contributed by atoms with Crippen LogP contribution < -0.4 is 11.1 Å². The molecule has 3 aromatic rings. The van der Waals surface area contributed by atoms with Crippen LogP contribution in [-0.2, 0) is 17.6 Å². The second-order valence-corrected chi connectivity index (χ2v) is 8.38. The predicted molar refractivity (Wildman–Crippen MR) is 115 cm³/mol. The van der Waals surface area contributed by atoms with Crippen molar-refractivity contribution in [2.45, 2.75) is 39.2 Å². The van der Waals surface area contributed by atoms with E-state index in [1.165, 1.54) is 11.3 Å². The second-order valence-electron chi connectivity index (χ2n) is 7.28. The van der Waals surface area contributed by atoms with E-state index in [2.05, 4.69) is 10.5 Å². The van der Waals surface area contributed by atoms with Gasteiger partial charge in [0.15, 0.2) is 11.5 Å². The Morgan fingerprint density at radius 2 is 2.17 bits per heavy atom. The molecule has 7 nitrogen and oxygen atoms in total. The molecule has 0 fully saturated rings. The fourth-order valence-electron chi connectivity index (χ4n) is 3.64. The molecule has 8 heteroatoms. The topological polar surface area (TPSA) is 107 Å². The molecule has 2 aromatic heterocycles. The number of ether oxygens (including phenoxy) is 1. The van der Waals surface area contributed by atoms with Crippen LogP contribution in [0.4, 0.5) is 5.00 Å². The van der Waals surface area contributed by atoms with E-state index < -0.39 is 11.9 Å². The molecular weight excluding hydrogens is 402 g/mol. The molecule has 1 atom stereocenters. The summed E-state index contributed by atoms with van der Waals surface area (Å²) >= 11 is 1.38. The van der Waals surface area contributed by atoms with Crippen molar-refractivity contribution in [3.8, 4) is 11.3 Å². The third-order valence-electron chi connectivity index (χ3n) is 5.16. The lowest BCUT2D eigenvalue weighted by atomic mass is 9.92. The molecule has 0 radical (unpaired) electrons. The minimum absolute atomic E-state index is 0.0574. The molecule has 1 amide bonds. The third kappa shape index (κ3) is 3.88. The van der Waals surface area contributed by atoms with Crippen molar-refractivity contribution in [2.24, 2.45) is 5.73 Å². The van der Waals surface area contributed by atoms with Crippen LogP contribution in [0.15, 0.2) is 34.9 Å². The van der Waals surface area contributed by atoms with Gasteiger partial charge in [-0.2, -0.15) is 0 Å². The number of rotatable bonds is 5. The lowest BCUT2D eigenvalue weighted by Gasteiger charge is -2.18. The fraction of sp³-hybridized carbons (Fsp3) is 0.318. The van der Waals surface area contributed by atoms with Crippen molar-refractivity contribution in [1.29, 1.82) is 0 Å². The number of anilines is 1. The molecule has 0 saturated heterocycles. The number of carbonyl (C=O) groups excluding carboxylic acids is 2. The number of nitrogens with one attached hydrogen (secondary N) is 1. The van der Waals surface area contributed by atoms with Gasteiger partial charge in [-0.05, 0) is 44.2 Å². The van der Waals surface area contributed by atoms with E-state index in [4.69, 9.17) is 15.0 Å². The Morgan fingerprint density at radius 3 is 2.93 bits per heavy atom. The highest BCUT2D eigenvalue weighted by molar-refractivity contribution is 7.17. The Balaban J connectivity index is 1.62. The van der Waals surface area contributed by atoms with E-state index in [1.807, 2.05) is 31.2 Å². The standard InChI is InChI=1S/C22H23N3O4S/c1-3-28-22(27)19-15-9-8-13(23)10-18(15)30-21(19)24-20(26)16-11-17(29-25-16)14-7-5-4-6-12(14)2/h4-7,11,13H,3,8-10,23H2,1-2H3,(H,24,26). The van der Waals surface area contributed by atoms with Crippen LogP contribution in [0.25, 0.3) is 11.3 Å². The summed E-state index contributed by atoms with van der Waals surface area (Å²) in [4.78, 5) is 26.5. The van der Waals surface area contributed by atoms with Gasteiger partial charge in [-0.25, -0.2) is 4.79 Å². The number of benzene rings is 1. The zero-order valence-electron chi connectivity index (χ0n) is 16.9. The Hall–Kier alpha value is -2.97. The van der Waals surface area contributed by atoms with Gasteiger partial charge < -0.3 is 20.3 Å². The summed E-state index contributed by atoms with van der Waals surface area (Å²) in [7, 11) is 0. The first-order valence-electron chi connectivity index (χ1n) is 9.89. The largest absolute Gasteiger partial charge is 0.462 e. The molecule has 0 saturated carbocycles. The van der Waals surface area contributed by atoms with Gasteiger partial charge in [-0.15, -0.1) is 11.3 Å². The molecule has 0 spiro atoms. The summed E-state index contributed by atoms with van der Waals surface area (Å²) in [5, 5.41) is 7.22. The number of thiophene rings is 1. The van der Waals surface area contributed by atoms with Crippen molar-refractivity contribution >= 4 is 28.2 Å². The van der Waals surface area contributed by atoms with Crippen LogP contribution in [0.3, 0.4) is 0 Å². The van der Waals surface area contributed by atoms with Crippen LogP contribution in [0.2, 0.25) is 0 Å². The van der Waals surface area contributed by atoms with Crippen molar-refractivity contribution in [3.63, 3.8) is 0 Å².